The van der Waals surface area contributed by atoms with Gasteiger partial charge < -0.3 is 24.5 Å². The fourth-order valence-corrected chi connectivity index (χ4v) is 2.01. The molecule has 1 unspecified atom stereocenters. The Hall–Kier alpha value is -2.58. The first-order valence-corrected chi connectivity index (χ1v) is 6.41. The van der Waals surface area contributed by atoms with E-state index in [4.69, 9.17) is 14.3 Å². The Morgan fingerprint density at radius 3 is 3.05 bits per heavy atom. The molecule has 0 radical (unpaired) electrons. The first-order chi connectivity index (χ1) is 10.0. The number of nitrogens with one attached hydrogen (secondary N) is 1. The number of carbonyl (C=O) groups excluding carboxylic acids is 2. The summed E-state index contributed by atoms with van der Waals surface area (Å²) in [6, 6.07) is -0.899. The summed E-state index contributed by atoms with van der Waals surface area (Å²) >= 11 is 0. The van der Waals surface area contributed by atoms with Crippen molar-refractivity contribution in [3.05, 3.63) is 12.0 Å². The lowest BCUT2D eigenvalue weighted by molar-refractivity contribution is -0.139. The third kappa shape index (κ3) is 3.30. The van der Waals surface area contributed by atoms with Crippen molar-refractivity contribution >= 4 is 23.9 Å². The molecule has 9 nitrogen and oxygen atoms in total. The molecule has 1 atom stereocenters. The van der Waals surface area contributed by atoms with Crippen molar-refractivity contribution in [2.45, 2.75) is 19.4 Å². The topological polar surface area (TPSA) is 122 Å². The number of aliphatic carboxylic acids is 1. The highest BCUT2D eigenvalue weighted by atomic mass is 16.5. The maximum Gasteiger partial charge on any atom is 0.360 e. The summed E-state index contributed by atoms with van der Waals surface area (Å²) in [5.74, 6) is -2.16. The van der Waals surface area contributed by atoms with Gasteiger partial charge in [0.15, 0.2) is 5.69 Å². The van der Waals surface area contributed by atoms with Crippen LogP contribution in [0.4, 0.5) is 6.01 Å². The van der Waals surface area contributed by atoms with Gasteiger partial charge in [-0.2, -0.15) is 4.98 Å². The fraction of sp³-hybridized carbons (Fsp3) is 0.500. The zero-order valence-electron chi connectivity index (χ0n) is 11.4. The van der Waals surface area contributed by atoms with E-state index >= 15 is 0 Å². The first kappa shape index (κ1) is 14.8. The average Bonchev–Trinajstić information content (AvgIpc) is 2.90. The number of aromatic nitrogens is 1. The Morgan fingerprint density at radius 2 is 2.38 bits per heavy atom. The van der Waals surface area contributed by atoms with Crippen LogP contribution in [0.15, 0.2) is 10.7 Å². The molecule has 114 valence electrons. The van der Waals surface area contributed by atoms with E-state index in [1.807, 2.05) is 0 Å². The van der Waals surface area contributed by atoms with Crippen LogP contribution in [-0.4, -0.2) is 53.7 Å². The Kier molecular flexibility index (Phi) is 4.41. The molecule has 0 saturated carbocycles. The standard InChI is InChI=1S/C12H15N3O6/c1-2-20-11(19)7-6-21-12(14-7)15-4-3-13-10(18)8(15)5-9(16)17/h6,8H,2-5H2,1H3,(H,13,18)(H,16,17). The smallest absolute Gasteiger partial charge is 0.360 e. The van der Waals surface area contributed by atoms with Gasteiger partial charge in [0, 0.05) is 13.1 Å². The Bertz CT molecular complexity index is 555. The summed E-state index contributed by atoms with van der Waals surface area (Å²) in [7, 11) is 0. The highest BCUT2D eigenvalue weighted by Gasteiger charge is 2.34. The van der Waals surface area contributed by atoms with Gasteiger partial charge in [-0.05, 0) is 6.92 Å². The average molecular weight is 297 g/mol. The molecule has 0 bridgehead atoms. The van der Waals surface area contributed by atoms with Crippen LogP contribution in [0.25, 0.3) is 0 Å². The number of piperazine rings is 1. The molecule has 21 heavy (non-hydrogen) atoms. The molecular weight excluding hydrogens is 282 g/mol. The third-order valence-electron chi connectivity index (χ3n) is 2.92. The van der Waals surface area contributed by atoms with Gasteiger partial charge in [-0.1, -0.05) is 0 Å². The molecule has 1 aromatic rings. The summed E-state index contributed by atoms with van der Waals surface area (Å²) in [5.41, 5.74) is -0.0214. The molecule has 9 heteroatoms. The number of hydrogen-bond donors (Lipinski definition) is 2. The van der Waals surface area contributed by atoms with E-state index in [2.05, 4.69) is 10.3 Å². The third-order valence-corrected chi connectivity index (χ3v) is 2.92. The van der Waals surface area contributed by atoms with Gasteiger partial charge in [0.2, 0.25) is 5.91 Å². The summed E-state index contributed by atoms with van der Waals surface area (Å²) in [6.07, 6.45) is 0.737. The van der Waals surface area contributed by atoms with Gasteiger partial charge in [0.1, 0.15) is 12.3 Å². The Labute approximate surface area is 119 Å². The number of esters is 1. The number of nitrogens with zero attached hydrogens (tertiary/aromatic N) is 2. The second-order valence-electron chi connectivity index (χ2n) is 4.33. The van der Waals surface area contributed by atoms with Gasteiger partial charge in [-0.3, -0.25) is 9.59 Å². The van der Waals surface area contributed by atoms with Crippen molar-refractivity contribution < 1.29 is 28.6 Å². The Morgan fingerprint density at radius 1 is 1.62 bits per heavy atom. The molecule has 1 saturated heterocycles. The molecule has 1 aliphatic heterocycles. The van der Waals surface area contributed by atoms with Crippen LogP contribution in [0, 0.1) is 0 Å². The zero-order valence-corrected chi connectivity index (χ0v) is 11.4. The first-order valence-electron chi connectivity index (χ1n) is 6.41. The lowest BCUT2D eigenvalue weighted by Crippen LogP contribution is -2.56. The van der Waals surface area contributed by atoms with Crippen LogP contribution in [0.1, 0.15) is 23.8 Å². The van der Waals surface area contributed by atoms with Gasteiger partial charge in [0.05, 0.1) is 13.0 Å². The van der Waals surface area contributed by atoms with Crippen LogP contribution in [0.5, 0.6) is 0 Å². The van der Waals surface area contributed by atoms with Crippen LogP contribution >= 0.6 is 0 Å². The van der Waals surface area contributed by atoms with E-state index in [1.165, 1.54) is 4.90 Å². The van der Waals surface area contributed by atoms with Gasteiger partial charge in [-0.25, -0.2) is 4.79 Å². The molecular formula is C12H15N3O6. The van der Waals surface area contributed by atoms with Crippen LogP contribution in [0.2, 0.25) is 0 Å². The fourth-order valence-electron chi connectivity index (χ4n) is 2.01. The molecule has 2 rings (SSSR count). The van der Waals surface area contributed by atoms with E-state index in [0.717, 1.165) is 6.26 Å². The monoisotopic (exact) mass is 297 g/mol. The highest BCUT2D eigenvalue weighted by Crippen LogP contribution is 2.20. The van der Waals surface area contributed by atoms with Crippen molar-refractivity contribution in [3.63, 3.8) is 0 Å². The number of carbonyl (C=O) groups is 3. The predicted molar refractivity (Wildman–Crippen MR) is 68.9 cm³/mol. The molecule has 0 spiro atoms. The number of rotatable bonds is 5. The molecule has 2 heterocycles. The molecule has 2 N–H and O–H groups in total. The minimum absolute atomic E-state index is 0.0214. The van der Waals surface area contributed by atoms with Crippen molar-refractivity contribution in [1.29, 1.82) is 0 Å². The lowest BCUT2D eigenvalue weighted by Gasteiger charge is -2.32. The quantitative estimate of drug-likeness (QED) is 0.706. The molecule has 0 aromatic carbocycles. The molecule has 1 amide bonds. The second kappa shape index (κ2) is 6.25. The zero-order chi connectivity index (χ0) is 15.4. The maximum absolute atomic E-state index is 11.8. The summed E-state index contributed by atoms with van der Waals surface area (Å²) in [6.45, 7) is 2.55. The predicted octanol–water partition coefficient (Wildman–Crippen LogP) is -0.369. The van der Waals surface area contributed by atoms with Crippen molar-refractivity contribution in [3.8, 4) is 0 Å². The number of carboxylic acid groups (broad SMARTS) is 1. The van der Waals surface area contributed by atoms with Crippen LogP contribution < -0.4 is 10.2 Å². The normalized spacial score (nSPS) is 18.2. The molecule has 1 fully saturated rings. The van der Waals surface area contributed by atoms with E-state index < -0.39 is 23.9 Å². The minimum atomic E-state index is -1.11. The molecule has 1 aliphatic rings. The van der Waals surface area contributed by atoms with Crippen molar-refractivity contribution in [2.24, 2.45) is 0 Å². The summed E-state index contributed by atoms with van der Waals surface area (Å²) in [4.78, 5) is 39.5. The van der Waals surface area contributed by atoms with Gasteiger partial charge in [0.25, 0.3) is 6.01 Å². The van der Waals surface area contributed by atoms with E-state index in [0.29, 0.717) is 13.1 Å². The van der Waals surface area contributed by atoms with Crippen LogP contribution in [-0.2, 0) is 14.3 Å². The second-order valence-corrected chi connectivity index (χ2v) is 4.33. The lowest BCUT2D eigenvalue weighted by atomic mass is 10.1. The van der Waals surface area contributed by atoms with Crippen LogP contribution in [0.3, 0.4) is 0 Å². The maximum atomic E-state index is 11.8. The number of hydrogen-bond acceptors (Lipinski definition) is 7. The largest absolute Gasteiger partial charge is 0.481 e. The van der Waals surface area contributed by atoms with Crippen molar-refractivity contribution in [1.82, 2.24) is 10.3 Å². The van der Waals surface area contributed by atoms with Crippen molar-refractivity contribution in [2.75, 3.05) is 24.6 Å². The summed E-state index contributed by atoms with van der Waals surface area (Å²) in [5, 5.41) is 11.5. The highest BCUT2D eigenvalue weighted by molar-refractivity contribution is 5.90. The van der Waals surface area contributed by atoms with E-state index in [9.17, 15) is 14.4 Å². The van der Waals surface area contributed by atoms with Gasteiger partial charge in [-0.15, -0.1) is 0 Å². The number of amides is 1. The number of ether oxygens (including phenoxy) is 1. The number of oxazole rings is 1. The minimum Gasteiger partial charge on any atom is -0.481 e. The molecule has 0 aliphatic carbocycles. The number of carboxylic acids is 1. The van der Waals surface area contributed by atoms with E-state index in [1.54, 1.807) is 6.92 Å². The molecule has 1 aromatic heterocycles. The summed E-state index contributed by atoms with van der Waals surface area (Å²) < 4.78 is 9.96. The van der Waals surface area contributed by atoms with E-state index in [-0.39, 0.29) is 24.7 Å². The SMILES string of the molecule is CCOC(=O)c1coc(N2CCNC(=O)C2CC(=O)O)n1. The van der Waals surface area contributed by atoms with Gasteiger partial charge >= 0.3 is 11.9 Å². The Balaban J connectivity index is 2.19. The number of anilines is 1.